The number of carbonyl (C=O) groups excluding carboxylic acids is 3. The number of alkyl halides is 3. The number of anilines is 2. The molecule has 0 heterocycles. The van der Waals surface area contributed by atoms with E-state index in [1.54, 1.807) is 26.1 Å². The molecule has 168 valence electrons. The number of nitrogens with one attached hydrogen (secondary N) is 3. The molecule has 0 fully saturated rings. The summed E-state index contributed by atoms with van der Waals surface area (Å²) in [6.45, 7) is 4.44. The van der Waals surface area contributed by atoms with Gasteiger partial charge in [-0.05, 0) is 45.4 Å². The Balaban J connectivity index is 3.22. The standard InChI is InChI=1S/C18H23F4N3O5/c1-9(14(26)23-8-18(20,21)22)10-6-11(19)13(7-12(10)24-15(27)29-5)25-16(28)30-17(2,3)4/h6-7,9H,8H2,1-5H3,(H,23,26)(H,24,27)(H,25,28). The van der Waals surface area contributed by atoms with Crippen LogP contribution in [0.1, 0.15) is 39.2 Å². The first-order valence-electron chi connectivity index (χ1n) is 8.66. The number of ether oxygens (including phenoxy) is 2. The Labute approximate surface area is 170 Å². The van der Waals surface area contributed by atoms with E-state index < -0.39 is 48.2 Å². The minimum atomic E-state index is -4.63. The lowest BCUT2D eigenvalue weighted by Gasteiger charge is -2.21. The zero-order valence-electron chi connectivity index (χ0n) is 17.0. The van der Waals surface area contributed by atoms with Crippen molar-refractivity contribution in [2.75, 3.05) is 24.3 Å². The molecule has 1 atom stereocenters. The predicted molar refractivity (Wildman–Crippen MR) is 99.8 cm³/mol. The lowest BCUT2D eigenvalue weighted by atomic mass is 9.97. The van der Waals surface area contributed by atoms with Gasteiger partial charge in [-0.2, -0.15) is 13.2 Å². The molecule has 0 spiro atoms. The molecule has 12 heteroatoms. The van der Waals surface area contributed by atoms with Crippen LogP contribution in [0.4, 0.5) is 38.5 Å². The van der Waals surface area contributed by atoms with Crippen molar-refractivity contribution in [3.63, 3.8) is 0 Å². The first-order chi connectivity index (χ1) is 13.6. The molecule has 30 heavy (non-hydrogen) atoms. The fourth-order valence-corrected chi connectivity index (χ4v) is 2.21. The lowest BCUT2D eigenvalue weighted by molar-refractivity contribution is -0.139. The van der Waals surface area contributed by atoms with Crippen molar-refractivity contribution in [3.8, 4) is 0 Å². The number of halogens is 4. The summed E-state index contributed by atoms with van der Waals surface area (Å²) in [4.78, 5) is 35.6. The van der Waals surface area contributed by atoms with E-state index in [9.17, 15) is 31.9 Å². The molecule has 0 aliphatic carbocycles. The maximum Gasteiger partial charge on any atom is 0.412 e. The summed E-state index contributed by atoms with van der Waals surface area (Å²) in [6.07, 6.45) is -6.59. The molecule has 1 unspecified atom stereocenters. The van der Waals surface area contributed by atoms with Crippen LogP contribution >= 0.6 is 0 Å². The molecule has 0 saturated carbocycles. The van der Waals surface area contributed by atoms with Crippen molar-refractivity contribution in [3.05, 3.63) is 23.5 Å². The Morgan fingerprint density at radius 2 is 1.60 bits per heavy atom. The summed E-state index contributed by atoms with van der Waals surface area (Å²) in [5.41, 5.74) is -1.53. The summed E-state index contributed by atoms with van der Waals surface area (Å²) >= 11 is 0. The fourth-order valence-electron chi connectivity index (χ4n) is 2.21. The highest BCUT2D eigenvalue weighted by Crippen LogP contribution is 2.31. The zero-order chi connectivity index (χ0) is 23.3. The summed E-state index contributed by atoms with van der Waals surface area (Å²) in [7, 11) is 1.05. The zero-order valence-corrected chi connectivity index (χ0v) is 17.0. The van der Waals surface area contributed by atoms with Gasteiger partial charge in [-0.25, -0.2) is 14.0 Å². The van der Waals surface area contributed by atoms with Gasteiger partial charge < -0.3 is 14.8 Å². The summed E-state index contributed by atoms with van der Waals surface area (Å²) < 4.78 is 61.0. The van der Waals surface area contributed by atoms with Gasteiger partial charge in [0.1, 0.15) is 18.0 Å². The maximum absolute atomic E-state index is 14.5. The van der Waals surface area contributed by atoms with Crippen LogP contribution in [0.5, 0.6) is 0 Å². The largest absolute Gasteiger partial charge is 0.453 e. The Morgan fingerprint density at radius 1 is 1.03 bits per heavy atom. The smallest absolute Gasteiger partial charge is 0.412 e. The highest BCUT2D eigenvalue weighted by Gasteiger charge is 2.30. The number of hydrogen-bond acceptors (Lipinski definition) is 5. The number of benzene rings is 1. The first kappa shape index (κ1) is 25.0. The molecule has 0 aliphatic heterocycles. The SMILES string of the molecule is COC(=O)Nc1cc(NC(=O)OC(C)(C)C)c(F)cc1C(C)C(=O)NCC(F)(F)F. The van der Waals surface area contributed by atoms with Crippen LogP contribution in [0.25, 0.3) is 0 Å². The normalized spacial score (nSPS) is 12.6. The van der Waals surface area contributed by atoms with E-state index >= 15 is 0 Å². The third kappa shape index (κ3) is 8.13. The molecule has 3 amide bonds. The average Bonchev–Trinajstić information content (AvgIpc) is 2.59. The van der Waals surface area contributed by atoms with Crippen LogP contribution in [0, 0.1) is 5.82 Å². The quantitative estimate of drug-likeness (QED) is 0.601. The van der Waals surface area contributed by atoms with Gasteiger partial charge in [-0.15, -0.1) is 0 Å². The van der Waals surface area contributed by atoms with E-state index in [2.05, 4.69) is 15.4 Å². The van der Waals surface area contributed by atoms with Crippen LogP contribution in [-0.4, -0.2) is 43.5 Å². The molecule has 0 aliphatic rings. The van der Waals surface area contributed by atoms with Gasteiger partial charge in [-0.3, -0.25) is 15.4 Å². The number of hydrogen-bond donors (Lipinski definition) is 3. The van der Waals surface area contributed by atoms with Crippen LogP contribution in [0.2, 0.25) is 0 Å². The van der Waals surface area contributed by atoms with Gasteiger partial charge in [0, 0.05) is 0 Å². The minimum Gasteiger partial charge on any atom is -0.453 e. The third-order valence-corrected chi connectivity index (χ3v) is 3.52. The van der Waals surface area contributed by atoms with Gasteiger partial charge >= 0.3 is 18.4 Å². The molecular weight excluding hydrogens is 414 g/mol. The van der Waals surface area contributed by atoms with Crippen molar-refractivity contribution in [2.45, 2.75) is 45.4 Å². The van der Waals surface area contributed by atoms with Crippen LogP contribution < -0.4 is 16.0 Å². The van der Waals surface area contributed by atoms with Crippen LogP contribution in [-0.2, 0) is 14.3 Å². The van der Waals surface area contributed by atoms with Crippen molar-refractivity contribution >= 4 is 29.5 Å². The molecule has 1 rings (SSSR count). The molecule has 1 aromatic rings. The third-order valence-electron chi connectivity index (χ3n) is 3.52. The number of amides is 3. The van der Waals surface area contributed by atoms with Gasteiger partial charge in [-0.1, -0.05) is 0 Å². The van der Waals surface area contributed by atoms with E-state index in [0.29, 0.717) is 0 Å². The van der Waals surface area contributed by atoms with E-state index in [-0.39, 0.29) is 16.9 Å². The predicted octanol–water partition coefficient (Wildman–Crippen LogP) is 4.13. The lowest BCUT2D eigenvalue weighted by Crippen LogP contribution is -2.36. The Bertz CT molecular complexity index is 806. The molecule has 0 aromatic heterocycles. The second-order valence-corrected chi connectivity index (χ2v) is 7.22. The van der Waals surface area contributed by atoms with E-state index in [1.807, 2.05) is 0 Å². The molecule has 0 radical (unpaired) electrons. The molecule has 1 aromatic carbocycles. The fraction of sp³-hybridized carbons (Fsp3) is 0.500. The van der Waals surface area contributed by atoms with E-state index in [0.717, 1.165) is 19.2 Å². The topological polar surface area (TPSA) is 106 Å². The molecule has 8 nitrogen and oxygen atoms in total. The monoisotopic (exact) mass is 437 g/mol. The summed E-state index contributed by atoms with van der Waals surface area (Å²) in [6, 6.07) is 1.81. The first-order valence-corrected chi connectivity index (χ1v) is 8.66. The van der Waals surface area contributed by atoms with Crippen LogP contribution in [0.15, 0.2) is 12.1 Å². The second-order valence-electron chi connectivity index (χ2n) is 7.22. The van der Waals surface area contributed by atoms with Crippen molar-refractivity contribution < 1.29 is 41.4 Å². The summed E-state index contributed by atoms with van der Waals surface area (Å²) in [5.74, 6) is -3.32. The van der Waals surface area contributed by atoms with Gasteiger partial charge in [0.05, 0.1) is 24.4 Å². The van der Waals surface area contributed by atoms with Gasteiger partial charge in [0.2, 0.25) is 5.91 Å². The summed E-state index contributed by atoms with van der Waals surface area (Å²) in [5, 5.41) is 6.08. The van der Waals surface area contributed by atoms with Crippen molar-refractivity contribution in [1.82, 2.24) is 5.32 Å². The Kier molecular flexibility index (Phi) is 8.02. The van der Waals surface area contributed by atoms with Crippen LogP contribution in [0.3, 0.4) is 0 Å². The highest BCUT2D eigenvalue weighted by molar-refractivity contribution is 5.93. The van der Waals surface area contributed by atoms with E-state index in [4.69, 9.17) is 4.74 Å². The molecular formula is C18H23F4N3O5. The van der Waals surface area contributed by atoms with Gasteiger partial charge in [0.25, 0.3) is 0 Å². The Hall–Kier alpha value is -3.05. The minimum absolute atomic E-state index is 0.132. The van der Waals surface area contributed by atoms with E-state index in [1.165, 1.54) is 6.92 Å². The van der Waals surface area contributed by atoms with Gasteiger partial charge in [0.15, 0.2) is 0 Å². The molecule has 3 N–H and O–H groups in total. The average molecular weight is 437 g/mol. The molecule has 0 bridgehead atoms. The second kappa shape index (κ2) is 9.63. The highest BCUT2D eigenvalue weighted by atomic mass is 19.4. The van der Waals surface area contributed by atoms with Crippen molar-refractivity contribution in [2.24, 2.45) is 0 Å². The molecule has 0 saturated heterocycles. The maximum atomic E-state index is 14.5. The number of carbonyl (C=O) groups is 3. The number of methoxy groups -OCH3 is 1. The number of rotatable bonds is 5. The Morgan fingerprint density at radius 3 is 2.10 bits per heavy atom. The van der Waals surface area contributed by atoms with Crippen molar-refractivity contribution in [1.29, 1.82) is 0 Å².